The van der Waals surface area contributed by atoms with E-state index in [9.17, 15) is 5.11 Å². The lowest BCUT2D eigenvalue weighted by Crippen LogP contribution is -2.51. The maximum Gasteiger partial charge on any atom is 0.224 e. The van der Waals surface area contributed by atoms with Gasteiger partial charge in [-0.1, -0.05) is 0 Å². The first-order valence-corrected chi connectivity index (χ1v) is 6.73. The van der Waals surface area contributed by atoms with E-state index in [0.29, 0.717) is 11.8 Å². The summed E-state index contributed by atoms with van der Waals surface area (Å²) in [5.74, 6) is 1.22. The minimum atomic E-state index is -0.879. The van der Waals surface area contributed by atoms with E-state index in [1.165, 1.54) is 0 Å². The summed E-state index contributed by atoms with van der Waals surface area (Å²) in [5.41, 5.74) is -1.40. The van der Waals surface area contributed by atoms with Crippen LogP contribution in [0.25, 0.3) is 0 Å². The van der Waals surface area contributed by atoms with Gasteiger partial charge in [0.15, 0.2) is 0 Å². The van der Waals surface area contributed by atoms with Crippen molar-refractivity contribution in [2.75, 3.05) is 17.2 Å². The Labute approximate surface area is 117 Å². The zero-order chi connectivity index (χ0) is 14.0. The van der Waals surface area contributed by atoms with Crippen LogP contribution in [0.15, 0.2) is 10.7 Å². The van der Waals surface area contributed by atoms with Gasteiger partial charge in [-0.2, -0.15) is 4.98 Å². The molecule has 0 aromatic carbocycles. The number of nitrogens with one attached hydrogen (secondary N) is 2. The van der Waals surface area contributed by atoms with Crippen LogP contribution in [-0.2, 0) is 0 Å². The van der Waals surface area contributed by atoms with Gasteiger partial charge in [-0.25, -0.2) is 4.98 Å². The monoisotopic (exact) mass is 316 g/mol. The lowest BCUT2D eigenvalue weighted by molar-refractivity contribution is 0.0238. The average molecular weight is 317 g/mol. The first-order valence-electron chi connectivity index (χ1n) is 5.94. The zero-order valence-corrected chi connectivity index (χ0v) is 13.1. The van der Waals surface area contributed by atoms with Crippen LogP contribution < -0.4 is 10.6 Å². The first kappa shape index (κ1) is 15.2. The molecule has 0 radical (unpaired) electrons. The van der Waals surface area contributed by atoms with Crippen molar-refractivity contribution >= 4 is 27.7 Å². The molecule has 0 saturated heterocycles. The average Bonchev–Trinajstić information content (AvgIpc) is 2.21. The minimum Gasteiger partial charge on any atom is -0.388 e. The van der Waals surface area contributed by atoms with Gasteiger partial charge in [0.05, 0.1) is 15.6 Å². The van der Waals surface area contributed by atoms with Crippen LogP contribution in [0.2, 0.25) is 0 Å². The summed E-state index contributed by atoms with van der Waals surface area (Å²) >= 11 is 3.40. The van der Waals surface area contributed by atoms with Crippen molar-refractivity contribution in [3.8, 4) is 0 Å². The van der Waals surface area contributed by atoms with Gasteiger partial charge < -0.3 is 15.7 Å². The Balaban J connectivity index is 3.00. The molecule has 1 aromatic rings. The summed E-state index contributed by atoms with van der Waals surface area (Å²) in [5, 5.41) is 16.4. The predicted octanol–water partition coefficient (Wildman–Crippen LogP) is 2.63. The number of aromatic nitrogens is 2. The van der Waals surface area contributed by atoms with Crippen LogP contribution in [0, 0.1) is 0 Å². The third-order valence-electron chi connectivity index (χ3n) is 3.04. The molecule has 6 heteroatoms. The van der Waals surface area contributed by atoms with Crippen molar-refractivity contribution in [1.29, 1.82) is 0 Å². The van der Waals surface area contributed by atoms with E-state index in [1.807, 2.05) is 20.8 Å². The number of aliphatic hydroxyl groups is 1. The van der Waals surface area contributed by atoms with Gasteiger partial charge in [0.2, 0.25) is 5.95 Å². The lowest BCUT2D eigenvalue weighted by atomic mass is 9.86. The second kappa shape index (κ2) is 5.40. The summed E-state index contributed by atoms with van der Waals surface area (Å²) in [6.07, 6.45) is 1.69. The van der Waals surface area contributed by atoms with Gasteiger partial charge in [0, 0.05) is 12.7 Å². The van der Waals surface area contributed by atoms with E-state index in [4.69, 9.17) is 0 Å². The topological polar surface area (TPSA) is 70.1 Å². The molecule has 1 heterocycles. The summed E-state index contributed by atoms with van der Waals surface area (Å²) in [7, 11) is 0. The fraction of sp³-hybridized carbons (Fsp3) is 0.667. The van der Waals surface area contributed by atoms with Crippen LogP contribution in [0.1, 0.15) is 34.6 Å². The van der Waals surface area contributed by atoms with Crippen LogP contribution >= 0.6 is 15.9 Å². The highest BCUT2D eigenvalue weighted by Crippen LogP contribution is 2.29. The van der Waals surface area contributed by atoms with Crippen molar-refractivity contribution in [2.24, 2.45) is 0 Å². The molecule has 0 unspecified atom stereocenters. The van der Waals surface area contributed by atoms with Crippen molar-refractivity contribution in [3.05, 3.63) is 10.7 Å². The molecule has 1 aromatic heterocycles. The molecular formula is C12H21BrN4O. The summed E-state index contributed by atoms with van der Waals surface area (Å²) in [4.78, 5) is 8.52. The third kappa shape index (κ3) is 3.55. The van der Waals surface area contributed by atoms with E-state index >= 15 is 0 Å². The molecule has 3 N–H and O–H groups in total. The molecule has 0 bridgehead atoms. The second-order valence-electron chi connectivity index (χ2n) is 5.23. The molecule has 0 atom stereocenters. The van der Waals surface area contributed by atoms with Gasteiger partial charge in [0.25, 0.3) is 0 Å². The van der Waals surface area contributed by atoms with Crippen molar-refractivity contribution in [2.45, 2.75) is 45.8 Å². The Kier molecular flexibility index (Phi) is 4.55. The van der Waals surface area contributed by atoms with Crippen LogP contribution in [0.5, 0.6) is 0 Å². The smallest absolute Gasteiger partial charge is 0.224 e. The Morgan fingerprint density at radius 1 is 1.33 bits per heavy atom. The lowest BCUT2D eigenvalue weighted by Gasteiger charge is -2.38. The number of hydrogen-bond donors (Lipinski definition) is 3. The highest BCUT2D eigenvalue weighted by molar-refractivity contribution is 9.10. The quantitative estimate of drug-likeness (QED) is 0.779. The Morgan fingerprint density at radius 3 is 2.44 bits per heavy atom. The maximum absolute atomic E-state index is 10.1. The number of halogens is 1. The molecule has 5 nitrogen and oxygen atoms in total. The van der Waals surface area contributed by atoms with Crippen LogP contribution in [-0.4, -0.2) is 32.8 Å². The number of nitrogens with zero attached hydrogens (tertiary/aromatic N) is 2. The molecular weight excluding hydrogens is 296 g/mol. The summed E-state index contributed by atoms with van der Waals surface area (Å²) in [6, 6.07) is 0. The van der Waals surface area contributed by atoms with Crippen molar-refractivity contribution < 1.29 is 5.11 Å². The second-order valence-corrected chi connectivity index (χ2v) is 6.08. The number of rotatable bonds is 5. The number of hydrogen-bond acceptors (Lipinski definition) is 5. The number of anilines is 2. The maximum atomic E-state index is 10.1. The van der Waals surface area contributed by atoms with E-state index in [1.54, 1.807) is 20.0 Å². The van der Waals surface area contributed by atoms with E-state index in [0.717, 1.165) is 11.0 Å². The molecule has 0 aliphatic carbocycles. The van der Waals surface area contributed by atoms with Crippen LogP contribution in [0.4, 0.5) is 11.8 Å². The highest BCUT2D eigenvalue weighted by Gasteiger charge is 2.35. The first-order chi connectivity index (χ1) is 8.17. The van der Waals surface area contributed by atoms with E-state index < -0.39 is 11.1 Å². The fourth-order valence-electron chi connectivity index (χ4n) is 1.15. The van der Waals surface area contributed by atoms with Gasteiger partial charge >= 0.3 is 0 Å². The molecule has 18 heavy (non-hydrogen) atoms. The van der Waals surface area contributed by atoms with Crippen LogP contribution in [0.3, 0.4) is 0 Å². The normalized spacial score (nSPS) is 12.4. The third-order valence-corrected chi connectivity index (χ3v) is 3.62. The molecule has 102 valence electrons. The molecule has 0 aliphatic rings. The van der Waals surface area contributed by atoms with Crippen molar-refractivity contribution in [3.63, 3.8) is 0 Å². The van der Waals surface area contributed by atoms with Crippen molar-refractivity contribution in [1.82, 2.24) is 9.97 Å². The van der Waals surface area contributed by atoms with Gasteiger partial charge in [-0.3, -0.25) is 0 Å². The standard InChI is InChI=1S/C12H21BrN4O/c1-6-14-10-15-7-8(13)9(16-10)17-11(2,3)12(4,5)18/h7,18H,6H2,1-5H3,(H2,14,15,16,17). The molecule has 0 aliphatic heterocycles. The molecule has 0 amide bonds. The van der Waals surface area contributed by atoms with Gasteiger partial charge in [0.1, 0.15) is 5.82 Å². The zero-order valence-electron chi connectivity index (χ0n) is 11.5. The Hall–Kier alpha value is -0.880. The highest BCUT2D eigenvalue weighted by atomic mass is 79.9. The predicted molar refractivity (Wildman–Crippen MR) is 77.9 cm³/mol. The van der Waals surface area contributed by atoms with Gasteiger partial charge in [-0.05, 0) is 50.5 Å². The minimum absolute atomic E-state index is 0.520. The van der Waals surface area contributed by atoms with E-state index in [-0.39, 0.29) is 0 Å². The molecule has 1 rings (SSSR count). The SMILES string of the molecule is CCNc1ncc(Br)c(NC(C)(C)C(C)(C)O)n1. The fourth-order valence-corrected chi connectivity index (χ4v) is 1.44. The molecule has 0 spiro atoms. The van der Waals surface area contributed by atoms with Gasteiger partial charge in [-0.15, -0.1) is 0 Å². The summed E-state index contributed by atoms with van der Waals surface area (Å²) < 4.78 is 0.765. The Bertz CT molecular complexity index is 415. The van der Waals surface area contributed by atoms with E-state index in [2.05, 4.69) is 36.5 Å². The Morgan fingerprint density at radius 2 is 1.94 bits per heavy atom. The summed E-state index contributed by atoms with van der Waals surface area (Å²) in [6.45, 7) is 10.1. The molecule has 0 saturated carbocycles. The molecule has 0 fully saturated rings. The largest absolute Gasteiger partial charge is 0.388 e.